The van der Waals surface area contributed by atoms with Gasteiger partial charge in [-0.15, -0.1) is 0 Å². The number of hydrogen-bond donors (Lipinski definition) is 0. The van der Waals surface area contributed by atoms with Crippen LogP contribution in [0.4, 0.5) is 5.82 Å². The summed E-state index contributed by atoms with van der Waals surface area (Å²) in [5.74, 6) is -0.0718. The number of imidazole rings is 1. The molecule has 0 aliphatic heterocycles. The second-order valence-electron chi connectivity index (χ2n) is 1.81. The van der Waals surface area contributed by atoms with Gasteiger partial charge in [-0.3, -0.25) is 4.57 Å². The van der Waals surface area contributed by atoms with Gasteiger partial charge < -0.3 is 10.1 Å². The first kappa shape index (κ1) is 9.16. The van der Waals surface area contributed by atoms with Gasteiger partial charge in [-0.2, -0.15) is 0 Å². The van der Waals surface area contributed by atoms with E-state index in [1.54, 1.807) is 11.6 Å². The number of rotatable bonds is 1. The molecule has 1 aromatic rings. The van der Waals surface area contributed by atoms with E-state index >= 15 is 0 Å². The van der Waals surface area contributed by atoms with Crippen molar-refractivity contribution in [3.8, 4) is 0 Å². The summed E-state index contributed by atoms with van der Waals surface area (Å²) in [6.07, 6.45) is 0. The Hall–Kier alpha value is 0.0700. The maximum atomic E-state index is 10.3. The molecule has 0 bridgehead atoms. The lowest BCUT2D eigenvalue weighted by molar-refractivity contribution is -0.390. The summed E-state index contributed by atoms with van der Waals surface area (Å²) in [6, 6.07) is 0. The van der Waals surface area contributed by atoms with E-state index in [9.17, 15) is 10.1 Å². The second kappa shape index (κ2) is 3.21. The standard InChI is InChI=1S/C4H3I2N3O2/c1-8-2(5)3(9(10)11)7-4(8)6/h1H3. The summed E-state index contributed by atoms with van der Waals surface area (Å²) in [4.78, 5) is 13.6. The van der Waals surface area contributed by atoms with Crippen LogP contribution in [0.1, 0.15) is 0 Å². The van der Waals surface area contributed by atoms with Crippen LogP contribution in [0.3, 0.4) is 0 Å². The van der Waals surface area contributed by atoms with Gasteiger partial charge >= 0.3 is 5.82 Å². The zero-order valence-corrected chi connectivity index (χ0v) is 9.73. The van der Waals surface area contributed by atoms with Crippen LogP contribution in [0.5, 0.6) is 0 Å². The van der Waals surface area contributed by atoms with Crippen molar-refractivity contribution >= 4 is 51.0 Å². The van der Waals surface area contributed by atoms with Crippen molar-refractivity contribution in [1.29, 1.82) is 0 Å². The molecule has 0 aromatic carbocycles. The van der Waals surface area contributed by atoms with Crippen molar-refractivity contribution in [2.45, 2.75) is 0 Å². The van der Waals surface area contributed by atoms with E-state index in [4.69, 9.17) is 0 Å². The zero-order valence-electron chi connectivity index (χ0n) is 5.41. The number of halogens is 2. The highest BCUT2D eigenvalue weighted by Crippen LogP contribution is 2.20. The highest BCUT2D eigenvalue weighted by Gasteiger charge is 2.21. The number of aromatic nitrogens is 2. The Labute approximate surface area is 89.6 Å². The molecule has 0 aliphatic carbocycles. The Bertz CT molecular complexity index is 309. The molecule has 0 amide bonds. The van der Waals surface area contributed by atoms with E-state index in [0.717, 1.165) is 0 Å². The molecule has 5 nitrogen and oxygen atoms in total. The largest absolute Gasteiger partial charge is 0.396 e. The van der Waals surface area contributed by atoms with E-state index in [0.29, 0.717) is 7.53 Å². The fourth-order valence-electron chi connectivity index (χ4n) is 0.556. The van der Waals surface area contributed by atoms with Gasteiger partial charge in [0.25, 0.3) is 3.83 Å². The molecule has 7 heteroatoms. The molecule has 0 aliphatic rings. The Morgan fingerprint density at radius 2 is 2.18 bits per heavy atom. The first-order chi connectivity index (χ1) is 5.04. The van der Waals surface area contributed by atoms with Crippen molar-refractivity contribution in [1.82, 2.24) is 9.55 Å². The Kier molecular flexibility index (Phi) is 2.67. The highest BCUT2D eigenvalue weighted by molar-refractivity contribution is 14.1. The highest BCUT2D eigenvalue weighted by atomic mass is 127. The Morgan fingerprint density at radius 3 is 2.36 bits per heavy atom. The van der Waals surface area contributed by atoms with Crippen molar-refractivity contribution in [3.63, 3.8) is 0 Å². The quantitative estimate of drug-likeness (QED) is 0.423. The third-order valence-electron chi connectivity index (χ3n) is 1.13. The van der Waals surface area contributed by atoms with Crippen molar-refractivity contribution < 1.29 is 4.92 Å². The van der Waals surface area contributed by atoms with E-state index < -0.39 is 4.92 Å². The minimum atomic E-state index is -0.482. The van der Waals surface area contributed by atoms with Crippen LogP contribution in [0.15, 0.2) is 0 Å². The molecule has 1 rings (SSSR count). The van der Waals surface area contributed by atoms with E-state index in [-0.39, 0.29) is 5.82 Å². The van der Waals surface area contributed by atoms with Gasteiger partial charge in [0.05, 0.1) is 0 Å². The molecule has 60 valence electrons. The molecule has 0 saturated heterocycles. The van der Waals surface area contributed by atoms with E-state index in [1.807, 2.05) is 45.2 Å². The summed E-state index contributed by atoms with van der Waals surface area (Å²) in [5, 5.41) is 10.3. The fourth-order valence-corrected chi connectivity index (χ4v) is 2.03. The molecule has 0 N–H and O–H groups in total. The maximum Gasteiger partial charge on any atom is 0.396 e. The van der Waals surface area contributed by atoms with Crippen LogP contribution >= 0.6 is 45.2 Å². The fraction of sp³-hybridized carbons (Fsp3) is 0.250. The molecule has 1 heterocycles. The van der Waals surface area contributed by atoms with Gasteiger partial charge in [0.15, 0.2) is 3.70 Å². The summed E-state index contributed by atoms with van der Waals surface area (Å²) in [6.45, 7) is 0. The third-order valence-corrected chi connectivity index (χ3v) is 3.30. The molecular weight excluding hydrogens is 376 g/mol. The predicted octanol–water partition coefficient (Wildman–Crippen LogP) is 1.54. The molecular formula is C4H3I2N3O2. The molecule has 0 spiro atoms. The first-order valence-electron chi connectivity index (χ1n) is 2.56. The lowest BCUT2D eigenvalue weighted by Gasteiger charge is -1.90. The Balaban J connectivity index is 3.29. The summed E-state index contributed by atoms with van der Waals surface area (Å²) in [7, 11) is 1.74. The molecule has 0 unspecified atom stereocenters. The van der Waals surface area contributed by atoms with Gasteiger partial charge in [0, 0.05) is 29.6 Å². The van der Waals surface area contributed by atoms with Crippen molar-refractivity contribution in [2.24, 2.45) is 7.05 Å². The average molecular weight is 379 g/mol. The normalized spacial score (nSPS) is 10.1. The van der Waals surface area contributed by atoms with Gasteiger partial charge in [0.1, 0.15) is 0 Å². The van der Waals surface area contributed by atoms with Gasteiger partial charge in [-0.25, -0.2) is 0 Å². The van der Waals surface area contributed by atoms with Crippen LogP contribution in [-0.4, -0.2) is 14.5 Å². The van der Waals surface area contributed by atoms with Crippen LogP contribution < -0.4 is 0 Å². The average Bonchev–Trinajstić information content (AvgIpc) is 2.17. The van der Waals surface area contributed by atoms with Gasteiger partial charge in [-0.1, -0.05) is 0 Å². The maximum absolute atomic E-state index is 10.3. The van der Waals surface area contributed by atoms with Crippen molar-refractivity contribution in [2.75, 3.05) is 0 Å². The van der Waals surface area contributed by atoms with Crippen molar-refractivity contribution in [3.05, 3.63) is 17.6 Å². The number of hydrogen-bond acceptors (Lipinski definition) is 3. The molecule has 0 atom stereocenters. The monoisotopic (exact) mass is 379 g/mol. The molecule has 11 heavy (non-hydrogen) atoms. The van der Waals surface area contributed by atoms with Crippen LogP contribution in [0, 0.1) is 17.6 Å². The first-order valence-corrected chi connectivity index (χ1v) is 4.72. The SMILES string of the molecule is Cn1c(I)nc([N+](=O)[O-])c1I. The molecule has 1 aromatic heterocycles. The van der Waals surface area contributed by atoms with E-state index in [2.05, 4.69) is 4.98 Å². The zero-order chi connectivity index (χ0) is 8.59. The van der Waals surface area contributed by atoms with Gasteiger partial charge in [-0.05, 0) is 32.5 Å². The lowest BCUT2D eigenvalue weighted by Crippen LogP contribution is -1.94. The van der Waals surface area contributed by atoms with Crippen LogP contribution in [0.2, 0.25) is 0 Å². The smallest absolute Gasteiger partial charge is 0.358 e. The van der Waals surface area contributed by atoms with E-state index in [1.165, 1.54) is 0 Å². The number of nitro groups is 1. The predicted molar refractivity (Wildman–Crippen MR) is 55.3 cm³/mol. The molecule has 0 saturated carbocycles. The minimum Gasteiger partial charge on any atom is -0.358 e. The van der Waals surface area contributed by atoms with Crippen LogP contribution in [-0.2, 0) is 7.05 Å². The summed E-state index contributed by atoms with van der Waals surface area (Å²) < 4.78 is 2.84. The summed E-state index contributed by atoms with van der Waals surface area (Å²) in [5.41, 5.74) is 0. The third kappa shape index (κ3) is 1.63. The topological polar surface area (TPSA) is 61.0 Å². The summed E-state index contributed by atoms with van der Waals surface area (Å²) >= 11 is 3.84. The molecule has 0 radical (unpaired) electrons. The van der Waals surface area contributed by atoms with Gasteiger partial charge in [0.2, 0.25) is 0 Å². The van der Waals surface area contributed by atoms with Crippen LogP contribution in [0.25, 0.3) is 0 Å². The number of nitrogens with zero attached hydrogens (tertiary/aromatic N) is 3. The second-order valence-corrected chi connectivity index (χ2v) is 3.80. The molecule has 0 fully saturated rings. The lowest BCUT2D eigenvalue weighted by atomic mass is 10.8. The Morgan fingerprint density at radius 1 is 1.64 bits per heavy atom. The minimum absolute atomic E-state index is 0.0718.